The van der Waals surface area contributed by atoms with Crippen LogP contribution in [0.15, 0.2) is 36.7 Å². The van der Waals surface area contributed by atoms with Crippen LogP contribution < -0.4 is 5.32 Å². The maximum absolute atomic E-state index is 14.0. The van der Waals surface area contributed by atoms with Gasteiger partial charge in [0.05, 0.1) is 26.5 Å². The van der Waals surface area contributed by atoms with Gasteiger partial charge >= 0.3 is 5.69 Å². The molecule has 0 spiro atoms. The largest absolute Gasteiger partial charge is 0.337 e. The summed E-state index contributed by atoms with van der Waals surface area (Å²) in [5, 5.41) is 13.6. The van der Waals surface area contributed by atoms with Gasteiger partial charge in [0.25, 0.3) is 0 Å². The van der Waals surface area contributed by atoms with Crippen LogP contribution in [0, 0.1) is 21.7 Å². The zero-order valence-corrected chi connectivity index (χ0v) is 12.0. The minimum atomic E-state index is -1.01. The van der Waals surface area contributed by atoms with E-state index in [2.05, 4.69) is 15.3 Å². The van der Waals surface area contributed by atoms with Crippen molar-refractivity contribution < 1.29 is 13.7 Å². The number of fused-ring (bicyclic) bond motifs is 1. The van der Waals surface area contributed by atoms with E-state index >= 15 is 0 Å². The second-order valence-electron chi connectivity index (χ2n) is 4.53. The third-order valence-electron chi connectivity index (χ3n) is 3.11. The molecule has 1 N–H and O–H groups in total. The average molecular weight is 337 g/mol. The van der Waals surface area contributed by atoms with Gasteiger partial charge in [0.15, 0.2) is 5.82 Å². The molecule has 0 radical (unpaired) electrons. The molecular weight excluding hydrogens is 330 g/mol. The van der Waals surface area contributed by atoms with Crippen LogP contribution in [0.4, 0.5) is 26.0 Å². The SMILES string of the molecule is O=[N+]([O-])c1cc2c(Nc3cccc(Cl)c3F)ncnc2cc1F. The van der Waals surface area contributed by atoms with Gasteiger partial charge in [-0.25, -0.2) is 14.4 Å². The number of benzene rings is 2. The first kappa shape index (κ1) is 15.0. The Balaban J connectivity index is 2.16. The molecule has 0 aliphatic carbocycles. The zero-order chi connectivity index (χ0) is 16.6. The molecule has 6 nitrogen and oxygen atoms in total. The number of nitrogens with zero attached hydrogens (tertiary/aromatic N) is 3. The summed E-state index contributed by atoms with van der Waals surface area (Å²) in [6.45, 7) is 0. The lowest BCUT2D eigenvalue weighted by Crippen LogP contribution is -2.00. The predicted octanol–water partition coefficient (Wildman–Crippen LogP) is 4.21. The second-order valence-corrected chi connectivity index (χ2v) is 4.93. The highest BCUT2D eigenvalue weighted by Gasteiger charge is 2.18. The van der Waals surface area contributed by atoms with Gasteiger partial charge < -0.3 is 5.32 Å². The van der Waals surface area contributed by atoms with Gasteiger partial charge in [-0.2, -0.15) is 4.39 Å². The monoisotopic (exact) mass is 336 g/mol. The number of aromatic nitrogens is 2. The number of anilines is 2. The fraction of sp³-hybridized carbons (Fsp3) is 0. The van der Waals surface area contributed by atoms with E-state index in [0.717, 1.165) is 18.5 Å². The van der Waals surface area contributed by atoms with Crippen molar-refractivity contribution >= 4 is 39.7 Å². The Morgan fingerprint density at radius 3 is 2.74 bits per heavy atom. The molecule has 3 aromatic rings. The minimum Gasteiger partial charge on any atom is -0.337 e. The maximum Gasteiger partial charge on any atom is 0.305 e. The third-order valence-corrected chi connectivity index (χ3v) is 3.40. The fourth-order valence-corrected chi connectivity index (χ4v) is 2.21. The first-order valence-corrected chi connectivity index (χ1v) is 6.65. The van der Waals surface area contributed by atoms with E-state index < -0.39 is 22.2 Å². The molecule has 0 aliphatic heterocycles. The van der Waals surface area contributed by atoms with Crippen LogP contribution in [0.1, 0.15) is 0 Å². The average Bonchev–Trinajstić information content (AvgIpc) is 2.51. The van der Waals surface area contributed by atoms with Crippen LogP contribution in [0.25, 0.3) is 10.9 Å². The molecule has 0 bridgehead atoms. The number of halogens is 3. The topological polar surface area (TPSA) is 81.0 Å². The van der Waals surface area contributed by atoms with Crippen molar-refractivity contribution in [1.29, 1.82) is 0 Å². The molecule has 1 heterocycles. The summed E-state index contributed by atoms with van der Waals surface area (Å²) in [6, 6.07) is 6.25. The zero-order valence-electron chi connectivity index (χ0n) is 11.3. The molecule has 0 unspecified atom stereocenters. The lowest BCUT2D eigenvalue weighted by Gasteiger charge is -2.10. The number of nitro groups is 1. The van der Waals surface area contributed by atoms with E-state index in [-0.39, 0.29) is 27.4 Å². The summed E-state index contributed by atoms with van der Waals surface area (Å²) < 4.78 is 27.6. The highest BCUT2D eigenvalue weighted by molar-refractivity contribution is 6.31. The number of nitrogens with one attached hydrogen (secondary N) is 1. The van der Waals surface area contributed by atoms with Crippen molar-refractivity contribution in [2.45, 2.75) is 0 Å². The molecule has 3 rings (SSSR count). The van der Waals surface area contributed by atoms with E-state index in [0.29, 0.717) is 0 Å². The van der Waals surface area contributed by atoms with Gasteiger partial charge in [-0.05, 0) is 12.1 Å². The highest BCUT2D eigenvalue weighted by atomic mass is 35.5. The number of hydrogen-bond acceptors (Lipinski definition) is 5. The summed E-state index contributed by atoms with van der Waals surface area (Å²) in [5.74, 6) is -1.61. The van der Waals surface area contributed by atoms with Gasteiger partial charge in [-0.1, -0.05) is 17.7 Å². The number of hydrogen-bond donors (Lipinski definition) is 1. The molecule has 2 aromatic carbocycles. The molecule has 0 saturated heterocycles. The Morgan fingerprint density at radius 1 is 1.22 bits per heavy atom. The van der Waals surface area contributed by atoms with Crippen molar-refractivity contribution in [2.75, 3.05) is 5.32 Å². The van der Waals surface area contributed by atoms with Gasteiger partial charge in [0.1, 0.15) is 12.1 Å². The van der Waals surface area contributed by atoms with Gasteiger partial charge in [-0.3, -0.25) is 10.1 Å². The Labute approximate surface area is 132 Å². The fourth-order valence-electron chi connectivity index (χ4n) is 2.03. The van der Waals surface area contributed by atoms with Crippen molar-refractivity contribution in [3.05, 3.63) is 63.4 Å². The summed E-state index contributed by atoms with van der Waals surface area (Å²) in [7, 11) is 0. The van der Waals surface area contributed by atoms with Crippen molar-refractivity contribution in [3.63, 3.8) is 0 Å². The smallest absolute Gasteiger partial charge is 0.305 e. The summed E-state index contributed by atoms with van der Waals surface area (Å²) in [4.78, 5) is 17.8. The number of rotatable bonds is 3. The van der Waals surface area contributed by atoms with Crippen LogP contribution >= 0.6 is 11.6 Å². The molecule has 0 atom stereocenters. The molecule has 0 fully saturated rings. The third kappa shape index (κ3) is 2.76. The van der Waals surface area contributed by atoms with E-state index in [9.17, 15) is 18.9 Å². The van der Waals surface area contributed by atoms with E-state index in [1.807, 2.05) is 0 Å². The molecule has 0 aliphatic rings. The van der Waals surface area contributed by atoms with Crippen molar-refractivity contribution in [2.24, 2.45) is 0 Å². The molecule has 9 heteroatoms. The molecular formula is C14H7ClF2N4O2. The Kier molecular flexibility index (Phi) is 3.75. The maximum atomic E-state index is 14.0. The van der Waals surface area contributed by atoms with E-state index in [1.54, 1.807) is 0 Å². The highest BCUT2D eigenvalue weighted by Crippen LogP contribution is 2.30. The first-order chi connectivity index (χ1) is 11.0. The predicted molar refractivity (Wildman–Crippen MR) is 80.8 cm³/mol. The van der Waals surface area contributed by atoms with Crippen LogP contribution in [0.2, 0.25) is 5.02 Å². The Hall–Kier alpha value is -2.87. The van der Waals surface area contributed by atoms with Gasteiger partial charge in [0.2, 0.25) is 5.82 Å². The van der Waals surface area contributed by atoms with Gasteiger partial charge in [-0.15, -0.1) is 0 Å². The quantitative estimate of drug-likeness (QED) is 0.572. The van der Waals surface area contributed by atoms with E-state index in [1.165, 1.54) is 18.2 Å². The summed E-state index contributed by atoms with van der Waals surface area (Å²) in [6.07, 6.45) is 1.14. The molecule has 0 saturated carbocycles. The standard InChI is InChI=1S/C14H7ClF2N4O2/c15-8-2-1-3-10(13(8)17)20-14-7-4-12(21(22)23)9(16)5-11(7)18-6-19-14/h1-6H,(H,18,19,20). The van der Waals surface area contributed by atoms with Crippen LogP contribution in [0.3, 0.4) is 0 Å². The Morgan fingerprint density at radius 2 is 2.00 bits per heavy atom. The van der Waals surface area contributed by atoms with Crippen molar-refractivity contribution in [1.82, 2.24) is 9.97 Å². The van der Waals surface area contributed by atoms with Crippen LogP contribution in [0.5, 0.6) is 0 Å². The van der Waals surface area contributed by atoms with Gasteiger partial charge in [0, 0.05) is 12.1 Å². The van der Waals surface area contributed by atoms with Crippen LogP contribution in [-0.2, 0) is 0 Å². The normalized spacial score (nSPS) is 10.7. The Bertz CT molecular complexity index is 936. The lowest BCUT2D eigenvalue weighted by atomic mass is 10.2. The summed E-state index contributed by atoms with van der Waals surface area (Å²) >= 11 is 5.70. The van der Waals surface area contributed by atoms with Crippen LogP contribution in [-0.4, -0.2) is 14.9 Å². The summed E-state index contributed by atoms with van der Waals surface area (Å²) in [5.41, 5.74) is -0.542. The molecule has 23 heavy (non-hydrogen) atoms. The first-order valence-electron chi connectivity index (χ1n) is 6.27. The van der Waals surface area contributed by atoms with E-state index in [4.69, 9.17) is 11.6 Å². The molecule has 116 valence electrons. The molecule has 0 amide bonds. The molecule has 1 aromatic heterocycles. The minimum absolute atomic E-state index is 0.0319. The van der Waals surface area contributed by atoms with Crippen molar-refractivity contribution in [3.8, 4) is 0 Å². The second kappa shape index (κ2) is 5.73. The number of nitro benzene ring substituents is 1. The lowest BCUT2D eigenvalue weighted by molar-refractivity contribution is -0.387.